The molecule has 58 valence electrons. The van der Waals surface area contributed by atoms with Gasteiger partial charge in [-0.1, -0.05) is 6.07 Å². The van der Waals surface area contributed by atoms with Gasteiger partial charge in [-0.05, 0) is 18.1 Å². The first-order valence-electron chi connectivity index (χ1n) is 3.74. The van der Waals surface area contributed by atoms with Crippen LogP contribution in [-0.4, -0.2) is 11.6 Å². The number of hydroxylamine groups is 1. The highest BCUT2D eigenvalue weighted by molar-refractivity contribution is 5.13. The highest BCUT2D eigenvalue weighted by atomic mass is 16.7. The second kappa shape index (κ2) is 2.98. The van der Waals surface area contributed by atoms with Gasteiger partial charge in [-0.25, -0.2) is 0 Å². The maximum atomic E-state index is 5.03. The van der Waals surface area contributed by atoms with Gasteiger partial charge in [0.25, 0.3) is 0 Å². The summed E-state index contributed by atoms with van der Waals surface area (Å²) in [5.41, 5.74) is 4.13. The van der Waals surface area contributed by atoms with Gasteiger partial charge in [-0.15, -0.1) is 0 Å². The van der Waals surface area contributed by atoms with E-state index in [-0.39, 0.29) is 0 Å². The number of hydrogen-bond donors (Lipinski definition) is 1. The maximum absolute atomic E-state index is 5.03. The number of pyridine rings is 1. The highest BCUT2D eigenvalue weighted by Gasteiger charge is 2.16. The molecule has 0 saturated carbocycles. The van der Waals surface area contributed by atoms with Crippen LogP contribution >= 0.6 is 0 Å². The van der Waals surface area contributed by atoms with Crippen LogP contribution in [0.3, 0.4) is 0 Å². The molecule has 0 radical (unpaired) electrons. The number of rotatable bonds is 1. The molecule has 0 aromatic carbocycles. The zero-order valence-electron chi connectivity index (χ0n) is 6.16. The van der Waals surface area contributed by atoms with Crippen LogP contribution in [0.2, 0.25) is 0 Å². The quantitative estimate of drug-likeness (QED) is 0.649. The molecule has 0 amide bonds. The van der Waals surface area contributed by atoms with E-state index in [1.165, 1.54) is 5.56 Å². The summed E-state index contributed by atoms with van der Waals surface area (Å²) in [6.07, 6.45) is 4.68. The molecule has 2 heterocycles. The minimum Gasteiger partial charge on any atom is -0.301 e. The molecule has 1 N–H and O–H groups in total. The van der Waals surface area contributed by atoms with Gasteiger partial charge in [0.1, 0.15) is 0 Å². The third-order valence-corrected chi connectivity index (χ3v) is 1.82. The molecule has 11 heavy (non-hydrogen) atoms. The Morgan fingerprint density at radius 1 is 1.64 bits per heavy atom. The van der Waals surface area contributed by atoms with E-state index in [4.69, 9.17) is 4.84 Å². The number of hydrogen-bond acceptors (Lipinski definition) is 3. The average Bonchev–Trinajstić information content (AvgIpc) is 2.58. The molecular weight excluding hydrogens is 140 g/mol. The lowest BCUT2D eigenvalue weighted by Crippen LogP contribution is -2.11. The normalized spacial score (nSPS) is 23.8. The molecule has 2 rings (SSSR count). The molecule has 1 saturated heterocycles. The van der Waals surface area contributed by atoms with E-state index in [0.717, 1.165) is 13.0 Å². The second-order valence-corrected chi connectivity index (χ2v) is 2.59. The molecule has 1 aliphatic heterocycles. The molecule has 1 aromatic rings. The van der Waals surface area contributed by atoms with Crippen LogP contribution in [-0.2, 0) is 4.84 Å². The summed E-state index contributed by atoms with van der Waals surface area (Å²) in [7, 11) is 0. The van der Waals surface area contributed by atoms with Crippen molar-refractivity contribution in [3.8, 4) is 0 Å². The predicted octanol–water partition coefficient (Wildman–Crippen LogP) is 1.05. The first kappa shape index (κ1) is 6.76. The number of nitrogens with one attached hydrogen (secondary N) is 1. The van der Waals surface area contributed by atoms with Gasteiger partial charge in [-0.2, -0.15) is 5.48 Å². The molecule has 1 aromatic heterocycles. The van der Waals surface area contributed by atoms with Crippen molar-refractivity contribution >= 4 is 0 Å². The summed E-state index contributed by atoms with van der Waals surface area (Å²) in [4.78, 5) is 9.07. The zero-order chi connectivity index (χ0) is 7.52. The van der Waals surface area contributed by atoms with Crippen LogP contribution in [0.4, 0.5) is 0 Å². The minimum absolute atomic E-state index is 0.337. The summed E-state index contributed by atoms with van der Waals surface area (Å²) in [5, 5.41) is 0. The smallest absolute Gasteiger partial charge is 0.0701 e. The van der Waals surface area contributed by atoms with Crippen molar-refractivity contribution < 1.29 is 4.84 Å². The molecule has 1 aliphatic rings. The van der Waals surface area contributed by atoms with Crippen LogP contribution in [0.5, 0.6) is 0 Å². The molecule has 3 heteroatoms. The van der Waals surface area contributed by atoms with Crippen LogP contribution < -0.4 is 5.48 Å². The molecule has 1 unspecified atom stereocenters. The van der Waals surface area contributed by atoms with E-state index in [0.29, 0.717) is 6.04 Å². The Hall–Kier alpha value is -0.930. The molecule has 0 aliphatic carbocycles. The van der Waals surface area contributed by atoms with Crippen LogP contribution in [0.15, 0.2) is 24.5 Å². The Balaban J connectivity index is 2.16. The van der Waals surface area contributed by atoms with Gasteiger partial charge in [0, 0.05) is 12.4 Å². The summed E-state index contributed by atoms with van der Waals surface area (Å²) in [6.45, 7) is 0.791. The van der Waals surface area contributed by atoms with Gasteiger partial charge < -0.3 is 4.84 Å². The van der Waals surface area contributed by atoms with E-state index in [9.17, 15) is 0 Å². The van der Waals surface area contributed by atoms with E-state index >= 15 is 0 Å². The standard InChI is InChI=1S/C8H10N2O/c1-2-7(6-9-4-1)8-3-5-11-10-8/h1-2,4,6,8,10H,3,5H2. The third kappa shape index (κ3) is 1.39. The van der Waals surface area contributed by atoms with Crippen molar-refractivity contribution in [1.29, 1.82) is 0 Å². The Labute approximate surface area is 65.4 Å². The fourth-order valence-electron chi connectivity index (χ4n) is 1.21. The third-order valence-electron chi connectivity index (χ3n) is 1.82. The van der Waals surface area contributed by atoms with Crippen molar-refractivity contribution in [1.82, 2.24) is 10.5 Å². The van der Waals surface area contributed by atoms with Gasteiger partial charge in [0.05, 0.1) is 12.6 Å². The SMILES string of the molecule is c1cncc(C2CCON2)c1. The van der Waals surface area contributed by atoms with Crippen molar-refractivity contribution in [2.45, 2.75) is 12.5 Å². The van der Waals surface area contributed by atoms with Crippen molar-refractivity contribution in [2.75, 3.05) is 6.61 Å². The summed E-state index contributed by atoms with van der Waals surface area (Å²) in [6, 6.07) is 4.33. The van der Waals surface area contributed by atoms with E-state index < -0.39 is 0 Å². The van der Waals surface area contributed by atoms with Crippen LogP contribution in [0, 0.1) is 0 Å². The molecular formula is C8H10N2O. The molecule has 1 fully saturated rings. The Morgan fingerprint density at radius 3 is 3.27 bits per heavy atom. The van der Waals surface area contributed by atoms with Gasteiger partial charge in [-0.3, -0.25) is 4.98 Å². The summed E-state index contributed by atoms with van der Waals surface area (Å²) < 4.78 is 0. The molecule has 0 spiro atoms. The van der Waals surface area contributed by atoms with Crippen LogP contribution in [0.25, 0.3) is 0 Å². The van der Waals surface area contributed by atoms with Gasteiger partial charge >= 0.3 is 0 Å². The van der Waals surface area contributed by atoms with E-state index in [2.05, 4.69) is 16.5 Å². The largest absolute Gasteiger partial charge is 0.301 e. The summed E-state index contributed by atoms with van der Waals surface area (Å²) >= 11 is 0. The number of aromatic nitrogens is 1. The molecule has 1 atom stereocenters. The lowest BCUT2D eigenvalue weighted by atomic mass is 10.1. The molecule has 3 nitrogen and oxygen atoms in total. The Morgan fingerprint density at radius 2 is 2.64 bits per heavy atom. The topological polar surface area (TPSA) is 34.1 Å². The fraction of sp³-hybridized carbons (Fsp3) is 0.375. The van der Waals surface area contributed by atoms with Crippen LogP contribution in [0.1, 0.15) is 18.0 Å². The monoisotopic (exact) mass is 150 g/mol. The Bertz CT molecular complexity index is 219. The number of nitrogens with zero attached hydrogens (tertiary/aromatic N) is 1. The Kier molecular flexibility index (Phi) is 1.83. The maximum Gasteiger partial charge on any atom is 0.0701 e. The predicted molar refractivity (Wildman–Crippen MR) is 40.7 cm³/mol. The fourth-order valence-corrected chi connectivity index (χ4v) is 1.21. The van der Waals surface area contributed by atoms with Gasteiger partial charge in [0.2, 0.25) is 0 Å². The van der Waals surface area contributed by atoms with E-state index in [1.807, 2.05) is 12.3 Å². The summed E-state index contributed by atoms with van der Waals surface area (Å²) in [5.74, 6) is 0. The van der Waals surface area contributed by atoms with Gasteiger partial charge in [0.15, 0.2) is 0 Å². The lowest BCUT2D eigenvalue weighted by Gasteiger charge is -2.06. The average molecular weight is 150 g/mol. The second-order valence-electron chi connectivity index (χ2n) is 2.59. The minimum atomic E-state index is 0.337. The zero-order valence-corrected chi connectivity index (χ0v) is 6.16. The highest BCUT2D eigenvalue weighted by Crippen LogP contribution is 2.18. The lowest BCUT2D eigenvalue weighted by molar-refractivity contribution is 0.0882. The van der Waals surface area contributed by atoms with Crippen molar-refractivity contribution in [3.63, 3.8) is 0 Å². The van der Waals surface area contributed by atoms with E-state index in [1.54, 1.807) is 6.20 Å². The first-order valence-corrected chi connectivity index (χ1v) is 3.74. The molecule has 0 bridgehead atoms. The first-order chi connectivity index (χ1) is 5.47. The van der Waals surface area contributed by atoms with Crippen molar-refractivity contribution in [2.24, 2.45) is 0 Å². The van der Waals surface area contributed by atoms with Crippen molar-refractivity contribution in [3.05, 3.63) is 30.1 Å².